The van der Waals surface area contributed by atoms with Crippen molar-refractivity contribution in [2.24, 2.45) is 0 Å². The predicted octanol–water partition coefficient (Wildman–Crippen LogP) is 14.2. The van der Waals surface area contributed by atoms with Crippen molar-refractivity contribution < 1.29 is 4.74 Å². The molecule has 51 heavy (non-hydrogen) atoms. The van der Waals surface area contributed by atoms with Gasteiger partial charge in [0.15, 0.2) is 0 Å². The largest absolute Gasteiger partial charge is 0.455 e. The van der Waals surface area contributed by atoms with E-state index in [0.29, 0.717) is 0 Å². The lowest BCUT2D eigenvalue weighted by molar-refractivity contribution is 0.493. The highest BCUT2D eigenvalue weighted by molar-refractivity contribution is 6.31. The van der Waals surface area contributed by atoms with Crippen LogP contribution in [0, 0.1) is 0 Å². The van der Waals surface area contributed by atoms with Crippen molar-refractivity contribution >= 4 is 53.9 Å². The van der Waals surface area contributed by atoms with Crippen LogP contribution in [0.4, 0.5) is 0 Å². The lowest BCUT2D eigenvalue weighted by Crippen LogP contribution is -1.99. The van der Waals surface area contributed by atoms with E-state index >= 15 is 0 Å². The van der Waals surface area contributed by atoms with Gasteiger partial charge in [0.2, 0.25) is 0 Å². The molecule has 236 valence electrons. The molecule has 10 aromatic rings. The summed E-state index contributed by atoms with van der Waals surface area (Å²) >= 11 is 0. The van der Waals surface area contributed by atoms with Gasteiger partial charge in [-0.15, -0.1) is 0 Å². The van der Waals surface area contributed by atoms with Crippen LogP contribution in [0.3, 0.4) is 0 Å². The number of hydrogen-bond donors (Lipinski definition) is 0. The molecule has 0 aliphatic carbocycles. The minimum absolute atomic E-state index is 0.902. The van der Waals surface area contributed by atoms with Gasteiger partial charge in [-0.05, 0) is 94.2 Å². The van der Waals surface area contributed by atoms with Crippen LogP contribution >= 0.6 is 0 Å². The van der Waals surface area contributed by atoms with Gasteiger partial charge >= 0.3 is 0 Å². The maximum absolute atomic E-state index is 6.84. The van der Waals surface area contributed by atoms with Gasteiger partial charge in [0.05, 0.1) is 0 Å². The highest BCUT2D eigenvalue weighted by Gasteiger charge is 2.26. The van der Waals surface area contributed by atoms with E-state index in [0.717, 1.165) is 27.8 Å². The Morgan fingerprint density at radius 3 is 1.71 bits per heavy atom. The molecule has 0 saturated heterocycles. The summed E-state index contributed by atoms with van der Waals surface area (Å²) in [6.07, 6.45) is 0. The summed E-state index contributed by atoms with van der Waals surface area (Å²) < 4.78 is 6.84. The van der Waals surface area contributed by atoms with Gasteiger partial charge in [-0.1, -0.05) is 170 Å². The molecule has 0 unspecified atom stereocenters. The molecule has 0 fully saturated rings. The van der Waals surface area contributed by atoms with Gasteiger partial charge in [0, 0.05) is 16.3 Å². The minimum Gasteiger partial charge on any atom is -0.455 e. The average Bonchev–Trinajstić information content (AvgIpc) is 3.20. The summed E-state index contributed by atoms with van der Waals surface area (Å²) in [6.45, 7) is 0. The number of rotatable bonds is 3. The first kappa shape index (κ1) is 28.2. The molecule has 1 nitrogen and oxygen atoms in total. The van der Waals surface area contributed by atoms with Gasteiger partial charge in [0.25, 0.3) is 0 Å². The summed E-state index contributed by atoms with van der Waals surface area (Å²) in [4.78, 5) is 0. The highest BCUT2D eigenvalue weighted by atomic mass is 16.5. The zero-order valence-corrected chi connectivity index (χ0v) is 27.7. The molecule has 1 aliphatic heterocycles. The van der Waals surface area contributed by atoms with Crippen molar-refractivity contribution in [3.05, 3.63) is 182 Å². The van der Waals surface area contributed by atoms with Crippen LogP contribution in [-0.2, 0) is 0 Å². The highest BCUT2D eigenvalue weighted by Crippen LogP contribution is 2.53. The van der Waals surface area contributed by atoms with Crippen LogP contribution in [0.1, 0.15) is 0 Å². The monoisotopic (exact) mass is 646 g/mol. The van der Waals surface area contributed by atoms with Gasteiger partial charge < -0.3 is 4.74 Å². The van der Waals surface area contributed by atoms with E-state index in [9.17, 15) is 0 Å². The maximum Gasteiger partial charge on any atom is 0.143 e. The number of benzene rings is 10. The fourth-order valence-electron chi connectivity index (χ4n) is 8.68. The zero-order valence-electron chi connectivity index (χ0n) is 27.7. The SMILES string of the molecule is c1ccc(-c2cccc3c2ccc2c(-c4ccccc4)c4ccccc4c(-c4ccc5c6c(cccc46)Oc4c-5ccc5ccccc45)c23)cc1. The first-order valence-corrected chi connectivity index (χ1v) is 17.6. The molecular formula is C50H30O. The fraction of sp³-hybridized carbons (Fsp3) is 0. The summed E-state index contributed by atoms with van der Waals surface area (Å²) in [5.74, 6) is 1.84. The summed E-state index contributed by atoms with van der Waals surface area (Å²) in [5, 5.41) is 12.2. The minimum atomic E-state index is 0.902. The van der Waals surface area contributed by atoms with Gasteiger partial charge in [-0.3, -0.25) is 0 Å². The third-order valence-electron chi connectivity index (χ3n) is 10.8. The van der Waals surface area contributed by atoms with Crippen LogP contribution in [-0.4, -0.2) is 0 Å². The van der Waals surface area contributed by atoms with Crippen molar-refractivity contribution in [1.82, 2.24) is 0 Å². The standard InChI is InChI=1S/C50H30O/c1-3-13-31(14-4-1)34-21-11-22-37-36(34)27-30-44-46(33-16-5-2-6-17-33)38-19-9-10-20-40(38)48(49(37)44)41-28-29-42-43-26-25-32-15-7-8-18-35(32)50(43)51-45-24-12-23-39(41)47(42)45/h1-30H. The topological polar surface area (TPSA) is 9.23 Å². The van der Waals surface area contributed by atoms with Crippen molar-refractivity contribution in [2.75, 3.05) is 0 Å². The molecule has 0 radical (unpaired) electrons. The second kappa shape index (κ2) is 10.9. The normalized spacial score (nSPS) is 12.1. The van der Waals surface area contributed by atoms with E-state index in [2.05, 4.69) is 182 Å². The molecule has 0 aromatic heterocycles. The second-order valence-corrected chi connectivity index (χ2v) is 13.5. The van der Waals surface area contributed by atoms with Gasteiger partial charge in [-0.2, -0.15) is 0 Å². The molecule has 0 amide bonds. The van der Waals surface area contributed by atoms with Gasteiger partial charge in [-0.25, -0.2) is 0 Å². The first-order valence-electron chi connectivity index (χ1n) is 17.6. The summed E-state index contributed by atoms with van der Waals surface area (Å²) in [7, 11) is 0. The molecule has 10 aromatic carbocycles. The van der Waals surface area contributed by atoms with Crippen LogP contribution in [0.5, 0.6) is 11.5 Å². The molecule has 0 N–H and O–H groups in total. The zero-order chi connectivity index (χ0) is 33.5. The lowest BCUT2D eigenvalue weighted by atomic mass is 9.81. The molecule has 1 heterocycles. The van der Waals surface area contributed by atoms with E-state index < -0.39 is 0 Å². The molecule has 0 spiro atoms. The molecule has 11 rings (SSSR count). The van der Waals surface area contributed by atoms with Gasteiger partial charge in [0.1, 0.15) is 11.5 Å². The van der Waals surface area contributed by atoms with E-state index in [1.165, 1.54) is 82.0 Å². The Balaban J connectivity index is 1.30. The van der Waals surface area contributed by atoms with Crippen molar-refractivity contribution in [3.8, 4) is 56.0 Å². The van der Waals surface area contributed by atoms with E-state index in [1.54, 1.807) is 0 Å². The second-order valence-electron chi connectivity index (χ2n) is 13.5. The fourth-order valence-corrected chi connectivity index (χ4v) is 8.68. The predicted molar refractivity (Wildman–Crippen MR) is 216 cm³/mol. The average molecular weight is 647 g/mol. The Labute approximate surface area is 295 Å². The van der Waals surface area contributed by atoms with Crippen molar-refractivity contribution in [1.29, 1.82) is 0 Å². The Kier molecular flexibility index (Phi) is 6.02. The van der Waals surface area contributed by atoms with E-state index in [4.69, 9.17) is 4.74 Å². The van der Waals surface area contributed by atoms with Crippen molar-refractivity contribution in [2.45, 2.75) is 0 Å². The smallest absolute Gasteiger partial charge is 0.143 e. The molecule has 1 aliphatic rings. The summed E-state index contributed by atoms with van der Waals surface area (Å²) in [6, 6.07) is 66.2. The maximum atomic E-state index is 6.84. The Hall–Kier alpha value is -6.70. The molecule has 1 heteroatoms. The number of fused-ring (bicyclic) bond motifs is 8. The Morgan fingerprint density at radius 2 is 0.882 bits per heavy atom. The van der Waals surface area contributed by atoms with E-state index in [1.807, 2.05) is 0 Å². The third-order valence-corrected chi connectivity index (χ3v) is 10.8. The number of hydrogen-bond acceptors (Lipinski definition) is 1. The lowest BCUT2D eigenvalue weighted by Gasteiger charge is -2.25. The summed E-state index contributed by atoms with van der Waals surface area (Å²) in [5.41, 5.74) is 9.76. The Morgan fingerprint density at radius 1 is 0.275 bits per heavy atom. The molecule has 0 atom stereocenters. The Bertz CT molecular complexity index is 3030. The third kappa shape index (κ3) is 4.09. The van der Waals surface area contributed by atoms with Crippen LogP contribution in [0.2, 0.25) is 0 Å². The quantitative estimate of drug-likeness (QED) is 0.137. The molecule has 0 saturated carbocycles. The van der Waals surface area contributed by atoms with E-state index in [-0.39, 0.29) is 0 Å². The molecular weight excluding hydrogens is 617 g/mol. The molecule has 0 bridgehead atoms. The van der Waals surface area contributed by atoms with Crippen molar-refractivity contribution in [3.63, 3.8) is 0 Å². The number of ether oxygens (including phenoxy) is 1. The first-order chi connectivity index (χ1) is 25.3. The van der Waals surface area contributed by atoms with Crippen LogP contribution in [0.15, 0.2) is 182 Å². The van der Waals surface area contributed by atoms with Crippen LogP contribution in [0.25, 0.3) is 98.4 Å². The van der Waals surface area contributed by atoms with Crippen LogP contribution < -0.4 is 4.74 Å².